The fraction of sp³-hybridized carbons (Fsp3) is 0.333. The van der Waals surface area contributed by atoms with Crippen LogP contribution in [0, 0.1) is 10.8 Å². The smallest absolute Gasteiger partial charge is 0.122 e. The van der Waals surface area contributed by atoms with Crippen LogP contribution in [0.4, 0.5) is 0 Å². The number of nitrogens with two attached hydrogens (primary N) is 2. The maximum Gasteiger partial charge on any atom is 0.122 e. The molecule has 1 aliphatic heterocycles. The lowest BCUT2D eigenvalue weighted by Gasteiger charge is -2.34. The predicted molar refractivity (Wildman–Crippen MR) is 153 cm³/mol. The van der Waals surface area contributed by atoms with E-state index in [1.165, 1.54) is 0 Å². The second kappa shape index (κ2) is 13.6. The largest absolute Gasteiger partial charge is 0.494 e. The number of nitrogens with one attached hydrogen (secondary N) is 2. The van der Waals surface area contributed by atoms with Crippen LogP contribution in [0.15, 0.2) is 72.8 Å². The lowest BCUT2D eigenvalue weighted by atomic mass is 10.0. The molecule has 0 amide bonds. The summed E-state index contributed by atoms with van der Waals surface area (Å²) in [6, 6.07) is 23.2. The highest BCUT2D eigenvalue weighted by atomic mass is 16.5. The molecule has 1 heterocycles. The molecule has 38 heavy (non-hydrogen) atoms. The molecule has 0 atom stereocenters. The van der Waals surface area contributed by atoms with Crippen LogP contribution >= 0.6 is 0 Å². The van der Waals surface area contributed by atoms with Crippen LogP contribution in [0.3, 0.4) is 0 Å². The van der Waals surface area contributed by atoms with Gasteiger partial charge in [0, 0.05) is 50.4 Å². The molecule has 1 aliphatic rings. The van der Waals surface area contributed by atoms with E-state index in [4.69, 9.17) is 31.8 Å². The van der Waals surface area contributed by atoms with Gasteiger partial charge in [0.05, 0.1) is 13.2 Å². The Kier molecular flexibility index (Phi) is 9.72. The van der Waals surface area contributed by atoms with Crippen molar-refractivity contribution in [3.05, 3.63) is 83.9 Å². The first-order chi connectivity index (χ1) is 18.5. The highest BCUT2D eigenvalue weighted by molar-refractivity contribution is 5.95. The van der Waals surface area contributed by atoms with Gasteiger partial charge in [-0.2, -0.15) is 0 Å². The molecule has 3 aromatic rings. The van der Waals surface area contributed by atoms with Crippen molar-refractivity contribution in [1.29, 1.82) is 10.8 Å². The number of rotatable bonds is 13. The number of nitrogens with zero attached hydrogens (tertiary/aromatic N) is 2. The van der Waals surface area contributed by atoms with Crippen molar-refractivity contribution in [2.45, 2.75) is 12.8 Å². The number of piperazine rings is 1. The molecule has 0 aliphatic carbocycles. The summed E-state index contributed by atoms with van der Waals surface area (Å²) >= 11 is 0. The lowest BCUT2D eigenvalue weighted by molar-refractivity contribution is 0.120. The molecule has 0 aromatic heterocycles. The van der Waals surface area contributed by atoms with Crippen molar-refractivity contribution in [2.24, 2.45) is 11.5 Å². The number of benzene rings is 3. The van der Waals surface area contributed by atoms with Gasteiger partial charge in [-0.1, -0.05) is 36.4 Å². The molecule has 0 radical (unpaired) electrons. The number of nitrogen functional groups attached to an aromatic ring is 2. The molecule has 4 rings (SSSR count). The van der Waals surface area contributed by atoms with E-state index < -0.39 is 0 Å². The highest BCUT2D eigenvalue weighted by Gasteiger charge is 2.16. The van der Waals surface area contributed by atoms with Crippen molar-refractivity contribution in [2.75, 3.05) is 52.5 Å². The van der Waals surface area contributed by atoms with Gasteiger partial charge >= 0.3 is 0 Å². The fourth-order valence-corrected chi connectivity index (χ4v) is 4.51. The molecular weight excluding hydrogens is 476 g/mol. The zero-order chi connectivity index (χ0) is 26.7. The summed E-state index contributed by atoms with van der Waals surface area (Å²) in [5.41, 5.74) is 14.7. The molecule has 6 N–H and O–H groups in total. The summed E-state index contributed by atoms with van der Waals surface area (Å²) in [4.78, 5) is 5.02. The Hall–Kier alpha value is -3.88. The van der Waals surface area contributed by atoms with Crippen LogP contribution in [-0.4, -0.2) is 74.0 Å². The van der Waals surface area contributed by atoms with Crippen molar-refractivity contribution >= 4 is 11.7 Å². The Morgan fingerprint density at radius 1 is 0.579 bits per heavy atom. The number of hydrogen-bond donors (Lipinski definition) is 4. The number of amidine groups is 2. The van der Waals surface area contributed by atoms with Gasteiger partial charge in [0.15, 0.2) is 0 Å². The maximum absolute atomic E-state index is 7.51. The zero-order valence-electron chi connectivity index (χ0n) is 21.9. The molecule has 0 bridgehead atoms. The van der Waals surface area contributed by atoms with Crippen LogP contribution in [0.2, 0.25) is 0 Å². The molecule has 0 saturated carbocycles. The first kappa shape index (κ1) is 27.2. The second-order valence-corrected chi connectivity index (χ2v) is 9.54. The zero-order valence-corrected chi connectivity index (χ0v) is 21.9. The van der Waals surface area contributed by atoms with Crippen molar-refractivity contribution in [3.8, 4) is 22.6 Å². The Morgan fingerprint density at radius 3 is 1.32 bits per heavy atom. The number of ether oxygens (including phenoxy) is 2. The first-order valence-electron chi connectivity index (χ1n) is 13.2. The van der Waals surface area contributed by atoms with Gasteiger partial charge in [0.1, 0.15) is 23.2 Å². The van der Waals surface area contributed by atoms with Crippen molar-refractivity contribution < 1.29 is 9.47 Å². The Labute approximate surface area is 225 Å². The highest BCUT2D eigenvalue weighted by Crippen LogP contribution is 2.23. The van der Waals surface area contributed by atoms with E-state index in [1.54, 1.807) is 0 Å². The van der Waals surface area contributed by atoms with Crippen LogP contribution in [0.1, 0.15) is 24.0 Å². The fourth-order valence-electron chi connectivity index (χ4n) is 4.51. The van der Waals surface area contributed by atoms with Gasteiger partial charge < -0.3 is 30.7 Å². The quantitative estimate of drug-likeness (QED) is 0.156. The molecule has 8 heteroatoms. The monoisotopic (exact) mass is 514 g/mol. The standard InChI is InChI=1S/C30H38N6O2/c31-29(32)25-5-3-23(4-6-25)24-7-11-27(12-8-24)37-21-1-15-35-17-19-36(20-18-35)16-2-22-38-28-13-9-26(10-14-28)30(33)34/h3-14H,1-2,15-22H2,(H3,31,32)(H3,33,34). The van der Waals surface area contributed by atoms with Gasteiger partial charge in [-0.25, -0.2) is 0 Å². The molecule has 200 valence electrons. The van der Waals surface area contributed by atoms with Gasteiger partial charge in [-0.15, -0.1) is 0 Å². The van der Waals surface area contributed by atoms with Gasteiger partial charge in [-0.3, -0.25) is 10.8 Å². The van der Waals surface area contributed by atoms with Crippen LogP contribution < -0.4 is 20.9 Å². The SMILES string of the molecule is N=C(N)c1ccc(OCCCN2CCN(CCCOc3ccc(-c4ccc(C(=N)N)cc4)cc3)CC2)cc1. The van der Waals surface area contributed by atoms with Gasteiger partial charge in [-0.05, 0) is 60.4 Å². The summed E-state index contributed by atoms with van der Waals surface area (Å²) in [5, 5.41) is 15.0. The molecular formula is C30H38N6O2. The first-order valence-corrected chi connectivity index (χ1v) is 13.2. The van der Waals surface area contributed by atoms with E-state index >= 15 is 0 Å². The van der Waals surface area contributed by atoms with Crippen LogP contribution in [0.5, 0.6) is 11.5 Å². The minimum Gasteiger partial charge on any atom is -0.494 e. The molecule has 1 saturated heterocycles. The minimum absolute atomic E-state index is 0.0734. The molecule has 0 spiro atoms. The maximum atomic E-state index is 7.51. The summed E-state index contributed by atoms with van der Waals surface area (Å²) in [6.45, 7) is 7.83. The summed E-state index contributed by atoms with van der Waals surface area (Å²) in [5.74, 6) is 1.86. The van der Waals surface area contributed by atoms with E-state index in [1.807, 2.05) is 60.7 Å². The molecule has 0 unspecified atom stereocenters. The number of hydrogen-bond acceptors (Lipinski definition) is 6. The second-order valence-electron chi connectivity index (χ2n) is 9.54. The summed E-state index contributed by atoms with van der Waals surface area (Å²) in [6.07, 6.45) is 2.00. The lowest BCUT2D eigenvalue weighted by Crippen LogP contribution is -2.47. The van der Waals surface area contributed by atoms with Crippen LogP contribution in [0.25, 0.3) is 11.1 Å². The van der Waals surface area contributed by atoms with Crippen LogP contribution in [-0.2, 0) is 0 Å². The van der Waals surface area contributed by atoms with E-state index in [2.05, 4.69) is 21.9 Å². The molecule has 8 nitrogen and oxygen atoms in total. The Morgan fingerprint density at radius 2 is 0.921 bits per heavy atom. The normalized spacial score (nSPS) is 14.2. The van der Waals surface area contributed by atoms with E-state index in [9.17, 15) is 0 Å². The average molecular weight is 515 g/mol. The van der Waals surface area contributed by atoms with Crippen molar-refractivity contribution in [3.63, 3.8) is 0 Å². The minimum atomic E-state index is 0.0734. The van der Waals surface area contributed by atoms with Gasteiger partial charge in [0.25, 0.3) is 0 Å². The van der Waals surface area contributed by atoms with E-state index in [0.29, 0.717) is 18.8 Å². The molecule has 1 fully saturated rings. The third-order valence-electron chi connectivity index (χ3n) is 6.79. The summed E-state index contributed by atoms with van der Waals surface area (Å²) in [7, 11) is 0. The summed E-state index contributed by atoms with van der Waals surface area (Å²) < 4.78 is 11.8. The van der Waals surface area contributed by atoms with E-state index in [0.717, 1.165) is 80.3 Å². The third-order valence-corrected chi connectivity index (χ3v) is 6.79. The average Bonchev–Trinajstić information content (AvgIpc) is 2.95. The Bertz CT molecular complexity index is 1170. The van der Waals surface area contributed by atoms with Gasteiger partial charge in [0.2, 0.25) is 0 Å². The van der Waals surface area contributed by atoms with Crippen molar-refractivity contribution in [1.82, 2.24) is 9.80 Å². The van der Waals surface area contributed by atoms with E-state index in [-0.39, 0.29) is 11.7 Å². The Balaban J connectivity index is 1.06. The predicted octanol–water partition coefficient (Wildman–Crippen LogP) is 3.78. The molecule has 3 aromatic carbocycles. The topological polar surface area (TPSA) is 125 Å². The third kappa shape index (κ3) is 8.06.